The molecule has 0 bridgehead atoms. The van der Waals surface area contributed by atoms with E-state index in [1.165, 1.54) is 198 Å². The van der Waals surface area contributed by atoms with E-state index >= 15 is 0 Å². The molecule has 0 aromatic heterocycles. The molecule has 0 heterocycles. The number of ketones is 1. The zero-order valence-electron chi connectivity index (χ0n) is 30.9. The van der Waals surface area contributed by atoms with E-state index in [2.05, 4.69) is 27.7 Å². The largest absolute Gasteiger partial charge is 1.00 e. The van der Waals surface area contributed by atoms with Gasteiger partial charge in [0, 0.05) is 13.0 Å². The molecule has 3 nitrogen and oxygen atoms in total. The molecule has 44 heavy (non-hydrogen) atoms. The van der Waals surface area contributed by atoms with Gasteiger partial charge in [-0.25, -0.2) is 0 Å². The van der Waals surface area contributed by atoms with Gasteiger partial charge in [0.15, 0.2) is 5.78 Å². The minimum Gasteiger partial charge on any atom is -1.00 e. The second-order valence-corrected chi connectivity index (χ2v) is 14.0. The predicted molar refractivity (Wildman–Crippen MR) is 192 cm³/mol. The molecule has 0 aliphatic heterocycles. The van der Waals surface area contributed by atoms with E-state index in [0.29, 0.717) is 18.8 Å². The van der Waals surface area contributed by atoms with Crippen molar-refractivity contribution in [2.45, 2.75) is 214 Å². The molecule has 0 radical (unpaired) electrons. The van der Waals surface area contributed by atoms with Gasteiger partial charge in [-0.3, -0.25) is 4.79 Å². The van der Waals surface area contributed by atoms with E-state index < -0.39 is 0 Å². The van der Waals surface area contributed by atoms with Crippen molar-refractivity contribution in [3.63, 3.8) is 0 Å². The highest BCUT2D eigenvalue weighted by molar-refractivity contribution is 5.79. The Labute approximate surface area is 277 Å². The normalized spacial score (nSPS) is 11.6. The second-order valence-electron chi connectivity index (χ2n) is 14.0. The van der Waals surface area contributed by atoms with Crippen LogP contribution in [0.4, 0.5) is 0 Å². The third kappa shape index (κ3) is 31.5. The Bertz CT molecular complexity index is 551. The molecule has 0 saturated heterocycles. The number of rotatable bonds is 37. The summed E-state index contributed by atoms with van der Waals surface area (Å²) in [6, 6.07) is 0. The lowest BCUT2D eigenvalue weighted by Gasteiger charge is -2.37. The van der Waals surface area contributed by atoms with Gasteiger partial charge < -0.3 is 13.9 Å². The quantitative estimate of drug-likeness (QED) is 0.0506. The van der Waals surface area contributed by atoms with Crippen LogP contribution in [-0.2, 0) is 9.53 Å². The van der Waals surface area contributed by atoms with Crippen molar-refractivity contribution in [2.75, 3.05) is 39.4 Å². The molecule has 0 rings (SSSR count). The fraction of sp³-hybridized carbons (Fsp3) is 0.975. The van der Waals surface area contributed by atoms with Gasteiger partial charge in [-0.1, -0.05) is 155 Å². The van der Waals surface area contributed by atoms with Crippen LogP contribution in [0.3, 0.4) is 0 Å². The number of hydrogen-bond donors (Lipinski definition) is 0. The summed E-state index contributed by atoms with van der Waals surface area (Å²) >= 11 is 0. The summed E-state index contributed by atoms with van der Waals surface area (Å²) in [5.74, 6) is 0.300. The number of carbonyl (C=O) groups is 1. The lowest BCUT2D eigenvalue weighted by atomic mass is 10.0. The van der Waals surface area contributed by atoms with Gasteiger partial charge in [0.05, 0.1) is 26.2 Å². The Morgan fingerprint density at radius 3 is 1.11 bits per heavy atom. The first-order valence-electron chi connectivity index (χ1n) is 20.1. The van der Waals surface area contributed by atoms with Crippen molar-refractivity contribution in [2.24, 2.45) is 0 Å². The third-order valence-corrected chi connectivity index (χ3v) is 10.1. The molecule has 0 spiro atoms. The van der Waals surface area contributed by atoms with E-state index in [4.69, 9.17) is 4.74 Å². The van der Waals surface area contributed by atoms with Crippen LogP contribution >= 0.6 is 0 Å². The fourth-order valence-electron chi connectivity index (χ4n) is 6.68. The first-order chi connectivity index (χ1) is 21.1. The Balaban J connectivity index is 0. The van der Waals surface area contributed by atoms with Gasteiger partial charge >= 0.3 is 0 Å². The highest BCUT2D eigenvalue weighted by atomic mass is 19.0. The zero-order chi connectivity index (χ0) is 31.5. The Morgan fingerprint density at radius 2 is 0.750 bits per heavy atom. The lowest BCUT2D eigenvalue weighted by molar-refractivity contribution is -0.925. The minimum atomic E-state index is 0. The molecule has 0 amide bonds. The van der Waals surface area contributed by atoms with Gasteiger partial charge in [0.2, 0.25) is 0 Å². The molecule has 0 N–H and O–H groups in total. The molecular weight excluding hydrogens is 545 g/mol. The molecule has 0 aromatic carbocycles. The van der Waals surface area contributed by atoms with Gasteiger partial charge in [0.25, 0.3) is 0 Å². The van der Waals surface area contributed by atoms with Crippen LogP contribution in [0.25, 0.3) is 0 Å². The SMILES string of the molecule is CCCCCCCCCCCCCCCC[N+](CC)(CC)CCCCCCCCOCC(=O)CCCCCCCCCC.[F-]. The number of carbonyl (C=O) groups excluding carboxylic acids is 1. The highest BCUT2D eigenvalue weighted by Crippen LogP contribution is 2.17. The van der Waals surface area contributed by atoms with Crippen LogP contribution in [0, 0.1) is 0 Å². The summed E-state index contributed by atoms with van der Waals surface area (Å²) in [6.45, 7) is 15.8. The summed E-state index contributed by atoms with van der Waals surface area (Å²) < 4.78 is 7.00. The van der Waals surface area contributed by atoms with Crippen LogP contribution < -0.4 is 4.70 Å². The maximum Gasteiger partial charge on any atom is 0.158 e. The molecule has 0 aliphatic rings. The van der Waals surface area contributed by atoms with Crippen LogP contribution in [0.1, 0.15) is 214 Å². The number of ether oxygens (including phenoxy) is 1. The van der Waals surface area contributed by atoms with Crippen molar-refractivity contribution >= 4 is 5.78 Å². The third-order valence-electron chi connectivity index (χ3n) is 10.1. The average Bonchev–Trinajstić information content (AvgIpc) is 3.02. The summed E-state index contributed by atoms with van der Waals surface area (Å²) in [5, 5.41) is 0. The molecule has 0 aliphatic carbocycles. The van der Waals surface area contributed by atoms with E-state index in [1.807, 2.05) is 0 Å². The number of halogens is 1. The van der Waals surface area contributed by atoms with Crippen LogP contribution in [0.2, 0.25) is 0 Å². The van der Waals surface area contributed by atoms with E-state index in [0.717, 1.165) is 19.4 Å². The Morgan fingerprint density at radius 1 is 0.432 bits per heavy atom. The molecule has 266 valence electrons. The second kappa shape index (κ2) is 37.0. The Hall–Kier alpha value is -0.480. The van der Waals surface area contributed by atoms with Crippen molar-refractivity contribution in [3.05, 3.63) is 0 Å². The van der Waals surface area contributed by atoms with Gasteiger partial charge in [-0.05, 0) is 52.4 Å². The van der Waals surface area contributed by atoms with Gasteiger partial charge in [-0.15, -0.1) is 0 Å². The van der Waals surface area contributed by atoms with Crippen LogP contribution in [-0.4, -0.2) is 49.7 Å². The summed E-state index contributed by atoms with van der Waals surface area (Å²) in [6.07, 6.45) is 39.0. The first kappa shape index (κ1) is 45.6. The molecular formula is C40H82FNO2. The van der Waals surface area contributed by atoms with E-state index in [-0.39, 0.29) is 4.70 Å². The number of quaternary nitrogens is 1. The number of unbranched alkanes of at least 4 members (excludes halogenated alkanes) is 25. The van der Waals surface area contributed by atoms with Crippen molar-refractivity contribution < 1.29 is 18.7 Å². The molecule has 0 unspecified atom stereocenters. The fourth-order valence-corrected chi connectivity index (χ4v) is 6.68. The smallest absolute Gasteiger partial charge is 0.158 e. The van der Waals surface area contributed by atoms with E-state index in [9.17, 15) is 4.79 Å². The lowest BCUT2D eigenvalue weighted by Crippen LogP contribution is -3.00. The molecule has 0 fully saturated rings. The molecule has 0 atom stereocenters. The Kier molecular flexibility index (Phi) is 38.4. The standard InChI is InChI=1S/C40H82NO2.FH/c1-5-9-11-13-15-17-18-19-20-21-22-24-28-32-36-41(7-3,8-4)37-33-29-25-26-30-34-38-43-39-40(42)35-31-27-23-16-14-12-10-6-2;/h5-39H2,1-4H3;1H/q+1;/p-1. The average molecular weight is 628 g/mol. The van der Waals surface area contributed by atoms with Crippen molar-refractivity contribution in [1.82, 2.24) is 0 Å². The maximum atomic E-state index is 12.0. The maximum absolute atomic E-state index is 12.0. The first-order valence-corrected chi connectivity index (χ1v) is 20.1. The van der Waals surface area contributed by atoms with Crippen molar-refractivity contribution in [3.8, 4) is 0 Å². The minimum absolute atomic E-state index is 0. The van der Waals surface area contributed by atoms with Crippen LogP contribution in [0.5, 0.6) is 0 Å². The molecule has 0 saturated carbocycles. The number of hydrogen-bond acceptors (Lipinski definition) is 2. The van der Waals surface area contributed by atoms with Crippen molar-refractivity contribution in [1.29, 1.82) is 0 Å². The summed E-state index contributed by atoms with van der Waals surface area (Å²) in [4.78, 5) is 12.0. The predicted octanol–water partition coefficient (Wildman–Crippen LogP) is 9.79. The summed E-state index contributed by atoms with van der Waals surface area (Å²) in [7, 11) is 0. The monoisotopic (exact) mass is 628 g/mol. The molecule has 4 heteroatoms. The van der Waals surface area contributed by atoms with Crippen LogP contribution in [0.15, 0.2) is 0 Å². The van der Waals surface area contributed by atoms with E-state index in [1.54, 1.807) is 0 Å². The van der Waals surface area contributed by atoms with Gasteiger partial charge in [-0.2, -0.15) is 0 Å². The number of Topliss-reactive ketones (excluding diaryl/α,β-unsaturated/α-hetero) is 1. The molecule has 0 aromatic rings. The topological polar surface area (TPSA) is 26.3 Å². The highest BCUT2D eigenvalue weighted by Gasteiger charge is 2.21. The summed E-state index contributed by atoms with van der Waals surface area (Å²) in [5.41, 5.74) is 0. The number of nitrogens with zero attached hydrogens (tertiary/aromatic N) is 1. The zero-order valence-corrected chi connectivity index (χ0v) is 30.9. The van der Waals surface area contributed by atoms with Gasteiger partial charge in [0.1, 0.15) is 6.61 Å².